The first-order valence-electron chi connectivity index (χ1n) is 13.4. The zero-order valence-corrected chi connectivity index (χ0v) is 24.9. The molecule has 1 aliphatic rings. The standard InChI is InChI=1S/C33H29ClN4O3S/c1-20-18-27(21(2)37(20)29-19-22(34)7-16-30(29)39)32-31(28-6-4-5-17-35-28)36-33(42)38(32)23-8-10-25(11-9-23)41-26-14-12-24(40-3)13-15-26/h4-19,31-32,39H,1-3H3,(H,36,42)/t31-,32+/m1/s1. The fraction of sp³-hybridized carbons (Fsp3) is 0.152. The maximum Gasteiger partial charge on any atom is 0.174 e. The molecule has 1 fully saturated rings. The zero-order valence-electron chi connectivity index (χ0n) is 23.3. The van der Waals surface area contributed by atoms with Gasteiger partial charge in [-0.15, -0.1) is 0 Å². The molecule has 3 aromatic carbocycles. The number of ether oxygens (including phenoxy) is 2. The molecule has 2 atom stereocenters. The minimum atomic E-state index is -0.220. The van der Waals surface area contributed by atoms with Crippen molar-refractivity contribution in [3.05, 3.63) is 125 Å². The summed E-state index contributed by atoms with van der Waals surface area (Å²) in [6, 6.07) is 28.0. The van der Waals surface area contributed by atoms with Crippen LogP contribution in [0.1, 0.15) is 34.7 Å². The average Bonchev–Trinajstić information content (AvgIpc) is 3.50. The minimum absolute atomic E-state index is 0.151. The summed E-state index contributed by atoms with van der Waals surface area (Å²) in [5.41, 5.74) is 5.38. The normalized spacial score (nSPS) is 16.4. The Bertz CT molecular complexity index is 1740. The molecule has 2 N–H and O–H groups in total. The molecule has 7 nitrogen and oxygen atoms in total. The predicted octanol–water partition coefficient (Wildman–Crippen LogP) is 7.83. The van der Waals surface area contributed by atoms with Crippen LogP contribution in [0.5, 0.6) is 23.0 Å². The molecule has 0 aliphatic carbocycles. The number of aromatic hydroxyl groups is 1. The lowest BCUT2D eigenvalue weighted by atomic mass is 9.96. The fourth-order valence-corrected chi connectivity index (χ4v) is 6.05. The SMILES string of the molecule is COc1ccc(Oc2ccc(N3C(=S)N[C@H](c4ccccn4)[C@@H]3c3cc(C)n(-c4cc(Cl)ccc4O)c3C)cc2)cc1. The summed E-state index contributed by atoms with van der Waals surface area (Å²) < 4.78 is 13.3. The molecule has 0 amide bonds. The van der Waals surface area contributed by atoms with Crippen molar-refractivity contribution in [2.45, 2.75) is 25.9 Å². The van der Waals surface area contributed by atoms with Crippen molar-refractivity contribution in [3.63, 3.8) is 0 Å². The van der Waals surface area contributed by atoms with Gasteiger partial charge in [-0.3, -0.25) is 4.98 Å². The van der Waals surface area contributed by atoms with Crippen molar-refractivity contribution in [1.29, 1.82) is 0 Å². The van der Waals surface area contributed by atoms with E-state index in [1.807, 2.05) is 85.1 Å². The minimum Gasteiger partial charge on any atom is -0.506 e. The molecular weight excluding hydrogens is 568 g/mol. The number of thiocarbonyl (C=S) groups is 1. The highest BCUT2D eigenvalue weighted by Gasteiger charge is 2.42. The van der Waals surface area contributed by atoms with Crippen LogP contribution in [0.2, 0.25) is 5.02 Å². The predicted molar refractivity (Wildman–Crippen MR) is 169 cm³/mol. The number of nitrogens with one attached hydrogen (secondary N) is 1. The lowest BCUT2D eigenvalue weighted by Gasteiger charge is -2.28. The van der Waals surface area contributed by atoms with Crippen molar-refractivity contribution in [2.75, 3.05) is 12.0 Å². The van der Waals surface area contributed by atoms with Crippen LogP contribution in [0.15, 0.2) is 97.2 Å². The second-order valence-electron chi connectivity index (χ2n) is 10.1. The molecule has 3 heterocycles. The van der Waals surface area contributed by atoms with Gasteiger partial charge in [0, 0.05) is 28.3 Å². The molecule has 1 aliphatic heterocycles. The Hall–Kier alpha value is -4.53. The number of phenolic OH excluding ortho intramolecular Hbond substituents is 1. The highest BCUT2D eigenvalue weighted by Crippen LogP contribution is 2.44. The van der Waals surface area contributed by atoms with Crippen molar-refractivity contribution < 1.29 is 14.6 Å². The Labute approximate surface area is 254 Å². The maximum absolute atomic E-state index is 10.7. The van der Waals surface area contributed by atoms with E-state index in [0.29, 0.717) is 27.3 Å². The maximum atomic E-state index is 10.7. The quantitative estimate of drug-likeness (QED) is 0.186. The summed E-state index contributed by atoms with van der Waals surface area (Å²) in [6.45, 7) is 4.06. The summed E-state index contributed by atoms with van der Waals surface area (Å²) in [5.74, 6) is 2.34. The van der Waals surface area contributed by atoms with Crippen LogP contribution in [-0.4, -0.2) is 26.9 Å². The van der Waals surface area contributed by atoms with E-state index >= 15 is 0 Å². The number of pyridine rings is 1. The van der Waals surface area contributed by atoms with E-state index in [1.54, 1.807) is 31.5 Å². The Morgan fingerprint density at radius 3 is 2.26 bits per heavy atom. The summed E-state index contributed by atoms with van der Waals surface area (Å²) in [7, 11) is 1.64. The zero-order chi connectivity index (χ0) is 29.4. The first-order valence-corrected chi connectivity index (χ1v) is 14.2. The van der Waals surface area contributed by atoms with Crippen molar-refractivity contribution in [3.8, 4) is 28.7 Å². The number of methoxy groups -OCH3 is 1. The number of halogens is 1. The lowest BCUT2D eigenvalue weighted by molar-refractivity contribution is 0.413. The number of anilines is 1. The van der Waals surface area contributed by atoms with Crippen LogP contribution in [0.3, 0.4) is 0 Å². The third-order valence-electron chi connectivity index (χ3n) is 7.48. The van der Waals surface area contributed by atoms with E-state index in [9.17, 15) is 5.11 Å². The highest BCUT2D eigenvalue weighted by atomic mass is 35.5. The monoisotopic (exact) mass is 596 g/mol. The molecule has 212 valence electrons. The molecule has 0 unspecified atom stereocenters. The summed E-state index contributed by atoms with van der Waals surface area (Å²) in [6.07, 6.45) is 1.79. The van der Waals surface area contributed by atoms with Gasteiger partial charge in [-0.05, 0) is 117 Å². The molecule has 42 heavy (non-hydrogen) atoms. The summed E-state index contributed by atoms with van der Waals surface area (Å²) in [5, 5.41) is 15.4. The third kappa shape index (κ3) is 5.15. The van der Waals surface area contributed by atoms with Crippen LogP contribution in [-0.2, 0) is 0 Å². The Morgan fingerprint density at radius 2 is 1.60 bits per heavy atom. The topological polar surface area (TPSA) is 71.8 Å². The largest absolute Gasteiger partial charge is 0.506 e. The molecule has 5 aromatic rings. The first kappa shape index (κ1) is 27.6. The van der Waals surface area contributed by atoms with Crippen LogP contribution < -0.4 is 19.7 Å². The van der Waals surface area contributed by atoms with Gasteiger partial charge in [-0.25, -0.2) is 0 Å². The fourth-order valence-electron chi connectivity index (χ4n) is 5.54. The smallest absolute Gasteiger partial charge is 0.174 e. The second kappa shape index (κ2) is 11.4. The molecule has 0 saturated carbocycles. The van der Waals surface area contributed by atoms with Gasteiger partial charge >= 0.3 is 0 Å². The third-order valence-corrected chi connectivity index (χ3v) is 8.03. The molecule has 0 spiro atoms. The van der Waals surface area contributed by atoms with Crippen LogP contribution >= 0.6 is 23.8 Å². The van der Waals surface area contributed by atoms with E-state index in [-0.39, 0.29) is 17.8 Å². The number of nitrogens with zero attached hydrogens (tertiary/aromatic N) is 3. The first-order chi connectivity index (χ1) is 20.3. The molecule has 9 heteroatoms. The van der Waals surface area contributed by atoms with E-state index in [1.165, 1.54) is 0 Å². The van der Waals surface area contributed by atoms with Gasteiger partial charge in [0.05, 0.1) is 30.6 Å². The number of hydrogen-bond donors (Lipinski definition) is 2. The van der Waals surface area contributed by atoms with Gasteiger partial charge in [-0.1, -0.05) is 17.7 Å². The Balaban J connectivity index is 1.40. The van der Waals surface area contributed by atoms with Gasteiger partial charge in [-0.2, -0.15) is 0 Å². The van der Waals surface area contributed by atoms with Crippen LogP contribution in [0.4, 0.5) is 5.69 Å². The van der Waals surface area contributed by atoms with Crippen LogP contribution in [0, 0.1) is 13.8 Å². The molecule has 6 rings (SSSR count). The van der Waals surface area contributed by atoms with Gasteiger partial charge in [0.25, 0.3) is 0 Å². The average molecular weight is 597 g/mol. The summed E-state index contributed by atoms with van der Waals surface area (Å²) >= 11 is 12.3. The van der Waals surface area contributed by atoms with E-state index in [2.05, 4.69) is 21.3 Å². The second-order valence-corrected chi connectivity index (χ2v) is 10.9. The number of rotatable bonds is 7. The molecule has 0 radical (unpaired) electrons. The molecule has 0 bridgehead atoms. The van der Waals surface area contributed by atoms with Gasteiger partial charge in [0.2, 0.25) is 0 Å². The van der Waals surface area contributed by atoms with E-state index < -0.39 is 0 Å². The highest BCUT2D eigenvalue weighted by molar-refractivity contribution is 7.80. The van der Waals surface area contributed by atoms with E-state index in [4.69, 9.17) is 33.3 Å². The van der Waals surface area contributed by atoms with Gasteiger partial charge in [0.15, 0.2) is 5.11 Å². The number of aromatic nitrogens is 2. The lowest BCUT2D eigenvalue weighted by Crippen LogP contribution is -2.29. The summed E-state index contributed by atoms with van der Waals surface area (Å²) in [4.78, 5) is 6.79. The van der Waals surface area contributed by atoms with Crippen molar-refractivity contribution in [1.82, 2.24) is 14.9 Å². The number of benzene rings is 3. The Kier molecular flexibility index (Phi) is 7.49. The van der Waals surface area contributed by atoms with Crippen molar-refractivity contribution in [2.24, 2.45) is 0 Å². The van der Waals surface area contributed by atoms with Gasteiger partial charge in [0.1, 0.15) is 23.0 Å². The Morgan fingerprint density at radius 1 is 0.905 bits per heavy atom. The molecular formula is C33H29ClN4O3S. The van der Waals surface area contributed by atoms with Crippen LogP contribution in [0.25, 0.3) is 5.69 Å². The number of hydrogen-bond acceptors (Lipinski definition) is 5. The number of phenols is 1. The molecule has 2 aromatic heterocycles. The van der Waals surface area contributed by atoms with Crippen molar-refractivity contribution >= 4 is 34.6 Å². The van der Waals surface area contributed by atoms with E-state index in [0.717, 1.165) is 34.1 Å². The molecule has 1 saturated heterocycles. The van der Waals surface area contributed by atoms with Gasteiger partial charge < -0.3 is 29.4 Å². The number of aryl methyl sites for hydroxylation is 1.